The van der Waals surface area contributed by atoms with E-state index in [1.807, 2.05) is 6.92 Å². The molecule has 1 aliphatic heterocycles. The Hall–Kier alpha value is -1.84. The Balaban J connectivity index is 1.84. The van der Waals surface area contributed by atoms with E-state index in [0.29, 0.717) is 43.5 Å². The third-order valence-corrected chi connectivity index (χ3v) is 4.45. The number of amides is 1. The van der Waals surface area contributed by atoms with Gasteiger partial charge in [-0.3, -0.25) is 4.79 Å². The van der Waals surface area contributed by atoms with Crippen molar-refractivity contribution in [2.75, 3.05) is 43.9 Å². The highest BCUT2D eigenvalue weighted by molar-refractivity contribution is 7.85. The first-order chi connectivity index (χ1) is 11.4. The van der Waals surface area contributed by atoms with E-state index in [1.54, 1.807) is 18.2 Å². The maximum absolute atomic E-state index is 12.1. The molecule has 0 bridgehead atoms. The van der Waals surface area contributed by atoms with Gasteiger partial charge in [0.2, 0.25) is 0 Å². The molecule has 1 amide bonds. The number of hydrogen-bond donors (Lipinski definition) is 2. The Kier molecular flexibility index (Phi) is 6.41. The normalized spacial score (nSPS) is 14.9. The second-order valence-electron chi connectivity index (χ2n) is 5.55. The van der Waals surface area contributed by atoms with E-state index >= 15 is 0 Å². The van der Waals surface area contributed by atoms with Gasteiger partial charge in [-0.05, 0) is 19.1 Å². The zero-order valence-electron chi connectivity index (χ0n) is 13.5. The lowest BCUT2D eigenvalue weighted by Crippen LogP contribution is -3.12. The Bertz CT molecular complexity index is 677. The molecule has 24 heavy (non-hydrogen) atoms. The summed E-state index contributed by atoms with van der Waals surface area (Å²) in [5, 5.41) is 2.79. The van der Waals surface area contributed by atoms with E-state index in [-0.39, 0.29) is 18.9 Å². The third-order valence-electron chi connectivity index (χ3n) is 3.66. The number of carbonyl (C=O) groups excluding carboxylic acids is 1. The summed E-state index contributed by atoms with van der Waals surface area (Å²) in [4.78, 5) is 13.0. The average molecular weight is 358 g/mol. The number of likely N-dealkylation sites (N-methyl/N-ethyl adjacent to an activating group) is 1. The Labute approximate surface area is 141 Å². The lowest BCUT2D eigenvalue weighted by atomic mass is 10.2. The van der Waals surface area contributed by atoms with Gasteiger partial charge in [-0.25, -0.2) is 8.42 Å². The minimum Gasteiger partial charge on any atom is -0.748 e. The standard InChI is InChI=1S/C15H22N2O6S/c1-2-17(6-3-9-24(19,20)21)11-15(18)16-12-4-5-13-14(10-12)23-8-7-22-13/h4-5,10H,2-3,6-9,11H2,1H3,(H,16,18)(H,19,20,21). The Morgan fingerprint density at radius 2 is 2.00 bits per heavy atom. The highest BCUT2D eigenvalue weighted by Crippen LogP contribution is 2.32. The number of rotatable bonds is 8. The third kappa shape index (κ3) is 5.99. The summed E-state index contributed by atoms with van der Waals surface area (Å²) in [6.07, 6.45) is 0.242. The van der Waals surface area contributed by atoms with Crippen molar-refractivity contribution >= 4 is 21.7 Å². The van der Waals surface area contributed by atoms with Crippen molar-refractivity contribution in [3.63, 3.8) is 0 Å². The number of anilines is 1. The van der Waals surface area contributed by atoms with Gasteiger partial charge in [0.05, 0.1) is 23.2 Å². The average Bonchev–Trinajstić information content (AvgIpc) is 2.52. The highest BCUT2D eigenvalue weighted by atomic mass is 32.2. The molecule has 2 rings (SSSR count). The summed E-state index contributed by atoms with van der Waals surface area (Å²) in [6.45, 7) is 4.19. The molecule has 0 spiro atoms. The summed E-state index contributed by atoms with van der Waals surface area (Å²) < 4.78 is 42.7. The molecule has 2 N–H and O–H groups in total. The first kappa shape index (κ1) is 18.5. The van der Waals surface area contributed by atoms with Crippen molar-refractivity contribution in [1.29, 1.82) is 0 Å². The van der Waals surface area contributed by atoms with Gasteiger partial charge in [0.25, 0.3) is 5.91 Å². The minimum atomic E-state index is -4.20. The lowest BCUT2D eigenvalue weighted by molar-refractivity contribution is -0.889. The van der Waals surface area contributed by atoms with Gasteiger partial charge in [-0.1, -0.05) is 0 Å². The fourth-order valence-electron chi connectivity index (χ4n) is 2.44. The molecule has 0 fully saturated rings. The predicted octanol–water partition coefficient (Wildman–Crippen LogP) is -0.764. The van der Waals surface area contributed by atoms with Gasteiger partial charge < -0.3 is 24.2 Å². The monoisotopic (exact) mass is 358 g/mol. The number of benzene rings is 1. The zero-order chi connectivity index (χ0) is 17.6. The van der Waals surface area contributed by atoms with Crippen molar-refractivity contribution < 1.29 is 32.1 Å². The van der Waals surface area contributed by atoms with Crippen LogP contribution in [0, 0.1) is 0 Å². The molecule has 1 unspecified atom stereocenters. The summed E-state index contributed by atoms with van der Waals surface area (Å²) in [7, 11) is -4.20. The largest absolute Gasteiger partial charge is 0.748 e. The quantitative estimate of drug-likeness (QED) is 0.591. The number of fused-ring (bicyclic) bond motifs is 1. The molecule has 0 aromatic heterocycles. The summed E-state index contributed by atoms with van der Waals surface area (Å²) >= 11 is 0. The van der Waals surface area contributed by atoms with Crippen LogP contribution in [0.5, 0.6) is 11.5 Å². The maximum Gasteiger partial charge on any atom is 0.279 e. The molecule has 1 aromatic carbocycles. The summed E-state index contributed by atoms with van der Waals surface area (Å²) in [6, 6.07) is 5.19. The predicted molar refractivity (Wildman–Crippen MR) is 86.5 cm³/mol. The Morgan fingerprint density at radius 3 is 2.67 bits per heavy atom. The van der Waals surface area contributed by atoms with Gasteiger partial charge in [0.15, 0.2) is 18.0 Å². The van der Waals surface area contributed by atoms with E-state index in [9.17, 15) is 17.8 Å². The van der Waals surface area contributed by atoms with E-state index < -0.39 is 15.9 Å². The van der Waals surface area contributed by atoms with Crippen molar-refractivity contribution in [3.8, 4) is 11.5 Å². The van der Waals surface area contributed by atoms with E-state index in [1.165, 1.54) is 0 Å². The fourth-order valence-corrected chi connectivity index (χ4v) is 2.94. The van der Waals surface area contributed by atoms with Crippen LogP contribution < -0.4 is 19.7 Å². The molecule has 134 valence electrons. The van der Waals surface area contributed by atoms with Crippen LogP contribution in [0.1, 0.15) is 13.3 Å². The van der Waals surface area contributed by atoms with Crippen molar-refractivity contribution in [1.82, 2.24) is 0 Å². The molecule has 1 heterocycles. The van der Waals surface area contributed by atoms with Crippen LogP contribution in [-0.4, -0.2) is 57.5 Å². The summed E-state index contributed by atoms with van der Waals surface area (Å²) in [5.41, 5.74) is 0.613. The van der Waals surface area contributed by atoms with Crippen LogP contribution in [0.4, 0.5) is 5.69 Å². The minimum absolute atomic E-state index is 0.187. The smallest absolute Gasteiger partial charge is 0.279 e. The highest BCUT2D eigenvalue weighted by Gasteiger charge is 2.15. The topological polar surface area (TPSA) is 109 Å². The lowest BCUT2D eigenvalue weighted by Gasteiger charge is -2.20. The maximum atomic E-state index is 12.1. The molecule has 0 saturated carbocycles. The molecule has 0 radical (unpaired) electrons. The van der Waals surface area contributed by atoms with Gasteiger partial charge in [-0.15, -0.1) is 0 Å². The van der Waals surface area contributed by atoms with E-state index in [2.05, 4.69) is 5.32 Å². The number of ether oxygens (including phenoxy) is 2. The first-order valence-electron chi connectivity index (χ1n) is 7.84. The van der Waals surface area contributed by atoms with E-state index in [0.717, 1.165) is 4.90 Å². The molecule has 9 heteroatoms. The van der Waals surface area contributed by atoms with Crippen LogP contribution in [0.2, 0.25) is 0 Å². The number of nitrogens with one attached hydrogen (secondary N) is 2. The first-order valence-corrected chi connectivity index (χ1v) is 9.42. The molecule has 0 saturated heterocycles. The molecule has 1 atom stereocenters. The Morgan fingerprint density at radius 1 is 1.29 bits per heavy atom. The van der Waals surface area contributed by atoms with Crippen LogP contribution in [-0.2, 0) is 14.9 Å². The molecular weight excluding hydrogens is 336 g/mol. The molecule has 0 aliphatic carbocycles. The summed E-state index contributed by atoms with van der Waals surface area (Å²) in [5.74, 6) is 0.659. The number of quaternary nitrogens is 1. The van der Waals surface area contributed by atoms with Crippen molar-refractivity contribution in [3.05, 3.63) is 18.2 Å². The molecular formula is C15H22N2O6S. The van der Waals surface area contributed by atoms with E-state index in [4.69, 9.17) is 9.47 Å². The van der Waals surface area contributed by atoms with Gasteiger partial charge in [0.1, 0.15) is 13.2 Å². The SMILES string of the molecule is CC[NH+](CCCS(=O)(=O)[O-])CC(=O)Nc1ccc2c(c1)OCCO2. The van der Waals surface area contributed by atoms with Crippen LogP contribution in [0.25, 0.3) is 0 Å². The molecule has 1 aromatic rings. The fraction of sp³-hybridized carbons (Fsp3) is 0.533. The molecule has 1 aliphatic rings. The van der Waals surface area contributed by atoms with Crippen molar-refractivity contribution in [2.24, 2.45) is 0 Å². The number of hydrogen-bond acceptors (Lipinski definition) is 6. The van der Waals surface area contributed by atoms with Gasteiger partial charge >= 0.3 is 0 Å². The zero-order valence-corrected chi connectivity index (χ0v) is 14.4. The molecule has 8 nitrogen and oxygen atoms in total. The van der Waals surface area contributed by atoms with Crippen molar-refractivity contribution in [2.45, 2.75) is 13.3 Å². The van der Waals surface area contributed by atoms with Crippen LogP contribution in [0.15, 0.2) is 18.2 Å². The van der Waals surface area contributed by atoms with Gasteiger partial charge in [-0.2, -0.15) is 0 Å². The van der Waals surface area contributed by atoms with Crippen LogP contribution in [0.3, 0.4) is 0 Å². The van der Waals surface area contributed by atoms with Crippen LogP contribution >= 0.6 is 0 Å². The second-order valence-corrected chi connectivity index (χ2v) is 7.08. The second kappa shape index (κ2) is 8.32. The number of carbonyl (C=O) groups is 1. The van der Waals surface area contributed by atoms with Gasteiger partial charge in [0, 0.05) is 23.9 Å².